The fourth-order valence-corrected chi connectivity index (χ4v) is 3.48. The van der Waals surface area contributed by atoms with Crippen molar-refractivity contribution in [2.75, 3.05) is 23.5 Å². The highest BCUT2D eigenvalue weighted by atomic mass is 32.2. The van der Waals surface area contributed by atoms with E-state index >= 15 is 0 Å². The SMILES string of the molecule is COc1ccccc1NC(=O)Cc1nnc(SCC(=O)Nc2ccc(C)cc2F)n1C. The summed E-state index contributed by atoms with van der Waals surface area (Å²) in [4.78, 5) is 24.5. The summed E-state index contributed by atoms with van der Waals surface area (Å²) in [6.07, 6.45) is 0.00286. The van der Waals surface area contributed by atoms with Gasteiger partial charge in [-0.15, -0.1) is 10.2 Å². The molecule has 2 aromatic carbocycles. The Balaban J connectivity index is 1.56. The molecule has 0 saturated heterocycles. The number of hydrogen-bond acceptors (Lipinski definition) is 6. The van der Waals surface area contributed by atoms with E-state index in [1.54, 1.807) is 42.8 Å². The highest BCUT2D eigenvalue weighted by Crippen LogP contribution is 2.23. The minimum Gasteiger partial charge on any atom is -0.495 e. The molecule has 162 valence electrons. The molecule has 8 nitrogen and oxygen atoms in total. The second kappa shape index (κ2) is 10.1. The Morgan fingerprint density at radius 1 is 1.10 bits per heavy atom. The van der Waals surface area contributed by atoms with Gasteiger partial charge in [-0.1, -0.05) is 30.0 Å². The van der Waals surface area contributed by atoms with Gasteiger partial charge in [-0.05, 0) is 36.8 Å². The van der Waals surface area contributed by atoms with E-state index in [1.165, 1.54) is 19.2 Å². The second-order valence-corrected chi connectivity index (χ2v) is 7.65. The van der Waals surface area contributed by atoms with Crippen LogP contribution >= 0.6 is 11.8 Å². The third-order valence-corrected chi connectivity index (χ3v) is 5.38. The number of anilines is 2. The molecule has 0 fully saturated rings. The molecule has 0 radical (unpaired) electrons. The summed E-state index contributed by atoms with van der Waals surface area (Å²) in [6, 6.07) is 11.7. The number of nitrogens with one attached hydrogen (secondary N) is 2. The molecule has 2 amide bonds. The maximum Gasteiger partial charge on any atom is 0.234 e. The lowest BCUT2D eigenvalue weighted by molar-refractivity contribution is -0.116. The van der Waals surface area contributed by atoms with Crippen LogP contribution in [0, 0.1) is 12.7 Å². The van der Waals surface area contributed by atoms with Crippen molar-refractivity contribution in [3.05, 3.63) is 59.7 Å². The van der Waals surface area contributed by atoms with E-state index < -0.39 is 5.82 Å². The molecular weight excluding hydrogens is 421 g/mol. The van der Waals surface area contributed by atoms with Crippen molar-refractivity contribution in [2.45, 2.75) is 18.5 Å². The van der Waals surface area contributed by atoms with E-state index in [2.05, 4.69) is 20.8 Å². The van der Waals surface area contributed by atoms with E-state index in [-0.39, 0.29) is 29.7 Å². The number of amides is 2. The van der Waals surface area contributed by atoms with Crippen molar-refractivity contribution in [1.82, 2.24) is 14.8 Å². The first kappa shape index (κ1) is 22.3. The van der Waals surface area contributed by atoms with Crippen LogP contribution in [0.4, 0.5) is 15.8 Å². The molecule has 31 heavy (non-hydrogen) atoms. The van der Waals surface area contributed by atoms with Crippen LogP contribution in [0.1, 0.15) is 11.4 Å². The molecule has 0 aliphatic heterocycles. The largest absolute Gasteiger partial charge is 0.495 e. The monoisotopic (exact) mass is 443 g/mol. The fraction of sp³-hybridized carbons (Fsp3) is 0.238. The second-order valence-electron chi connectivity index (χ2n) is 6.70. The number of aryl methyl sites for hydroxylation is 1. The number of carbonyl (C=O) groups is 2. The molecule has 10 heteroatoms. The van der Waals surface area contributed by atoms with E-state index in [9.17, 15) is 14.0 Å². The van der Waals surface area contributed by atoms with Gasteiger partial charge < -0.3 is 19.9 Å². The summed E-state index contributed by atoms with van der Waals surface area (Å²) in [5.41, 5.74) is 1.46. The average molecular weight is 444 g/mol. The van der Waals surface area contributed by atoms with Crippen LogP contribution in [-0.2, 0) is 23.1 Å². The van der Waals surface area contributed by atoms with Gasteiger partial charge in [-0.3, -0.25) is 9.59 Å². The van der Waals surface area contributed by atoms with Crippen LogP contribution in [-0.4, -0.2) is 39.4 Å². The number of carbonyl (C=O) groups excluding carboxylic acids is 2. The van der Waals surface area contributed by atoms with E-state index in [0.29, 0.717) is 22.4 Å². The number of nitrogens with zero attached hydrogens (tertiary/aromatic N) is 3. The number of ether oxygens (including phenoxy) is 1. The van der Waals surface area contributed by atoms with Gasteiger partial charge in [0.25, 0.3) is 0 Å². The smallest absolute Gasteiger partial charge is 0.234 e. The normalized spacial score (nSPS) is 10.6. The third kappa shape index (κ3) is 5.82. The predicted molar refractivity (Wildman–Crippen MR) is 117 cm³/mol. The zero-order valence-electron chi connectivity index (χ0n) is 17.3. The van der Waals surface area contributed by atoms with Gasteiger partial charge in [0.1, 0.15) is 17.4 Å². The van der Waals surface area contributed by atoms with Gasteiger partial charge in [0.15, 0.2) is 5.16 Å². The molecule has 0 unspecified atom stereocenters. The number of benzene rings is 2. The zero-order valence-corrected chi connectivity index (χ0v) is 18.1. The molecule has 2 N–H and O–H groups in total. The maximum atomic E-state index is 13.9. The van der Waals surface area contributed by atoms with Crippen LogP contribution in [0.25, 0.3) is 0 Å². The highest BCUT2D eigenvalue weighted by molar-refractivity contribution is 7.99. The van der Waals surface area contributed by atoms with E-state index in [4.69, 9.17) is 4.74 Å². The van der Waals surface area contributed by atoms with Gasteiger partial charge >= 0.3 is 0 Å². The number of thioether (sulfide) groups is 1. The maximum absolute atomic E-state index is 13.9. The van der Waals surface area contributed by atoms with Crippen molar-refractivity contribution < 1.29 is 18.7 Å². The number of halogens is 1. The Kier molecular flexibility index (Phi) is 7.24. The molecule has 0 bridgehead atoms. The lowest BCUT2D eigenvalue weighted by atomic mass is 10.2. The lowest BCUT2D eigenvalue weighted by Gasteiger charge is -2.09. The summed E-state index contributed by atoms with van der Waals surface area (Å²) in [5, 5.41) is 13.9. The zero-order chi connectivity index (χ0) is 22.4. The number of aromatic nitrogens is 3. The van der Waals surface area contributed by atoms with Crippen LogP contribution in [0.5, 0.6) is 5.75 Å². The fourth-order valence-electron chi connectivity index (χ4n) is 2.75. The number of hydrogen-bond donors (Lipinski definition) is 2. The van der Waals surface area contributed by atoms with Crippen molar-refractivity contribution in [3.63, 3.8) is 0 Å². The van der Waals surface area contributed by atoms with E-state index in [0.717, 1.165) is 17.3 Å². The highest BCUT2D eigenvalue weighted by Gasteiger charge is 2.16. The van der Waals surface area contributed by atoms with Gasteiger partial charge in [-0.2, -0.15) is 0 Å². The molecule has 1 aromatic heterocycles. The molecular formula is C21H22FN5O3S. The van der Waals surface area contributed by atoms with Crippen molar-refractivity contribution in [3.8, 4) is 5.75 Å². The summed E-state index contributed by atoms with van der Waals surface area (Å²) in [7, 11) is 3.24. The quantitative estimate of drug-likeness (QED) is 0.519. The van der Waals surface area contributed by atoms with Crippen LogP contribution in [0.2, 0.25) is 0 Å². The topological polar surface area (TPSA) is 98.1 Å². The van der Waals surface area contributed by atoms with Crippen molar-refractivity contribution in [1.29, 1.82) is 0 Å². The first-order valence-corrected chi connectivity index (χ1v) is 10.4. The Bertz CT molecular complexity index is 1100. The number of rotatable bonds is 8. The van der Waals surface area contributed by atoms with Gasteiger partial charge in [0.05, 0.1) is 30.7 Å². The minimum absolute atomic E-state index is 0.00286. The first-order valence-electron chi connectivity index (χ1n) is 9.37. The third-order valence-electron chi connectivity index (χ3n) is 4.36. The predicted octanol–water partition coefficient (Wildman–Crippen LogP) is 3.18. The van der Waals surface area contributed by atoms with Gasteiger partial charge in [0, 0.05) is 7.05 Å². The van der Waals surface area contributed by atoms with Crippen LogP contribution in [0.15, 0.2) is 47.6 Å². The molecule has 0 aliphatic carbocycles. The molecule has 1 heterocycles. The first-order chi connectivity index (χ1) is 14.9. The van der Waals surface area contributed by atoms with Crippen molar-refractivity contribution >= 4 is 35.0 Å². The summed E-state index contributed by atoms with van der Waals surface area (Å²) in [5.74, 6) is -0.108. The Morgan fingerprint density at radius 2 is 1.84 bits per heavy atom. The molecule has 0 atom stereocenters. The summed E-state index contributed by atoms with van der Waals surface area (Å²) < 4.78 is 20.7. The molecule has 3 aromatic rings. The summed E-state index contributed by atoms with van der Waals surface area (Å²) >= 11 is 1.14. The van der Waals surface area contributed by atoms with Gasteiger partial charge in [0.2, 0.25) is 11.8 Å². The average Bonchev–Trinajstić information content (AvgIpc) is 3.08. The minimum atomic E-state index is -0.486. The Hall–Kier alpha value is -3.40. The van der Waals surface area contributed by atoms with E-state index in [1.807, 2.05) is 6.07 Å². The molecule has 3 rings (SSSR count). The molecule has 0 aliphatic rings. The Morgan fingerprint density at radius 3 is 2.58 bits per heavy atom. The Labute approximate surface area is 183 Å². The van der Waals surface area contributed by atoms with Crippen LogP contribution in [0.3, 0.4) is 0 Å². The van der Waals surface area contributed by atoms with Gasteiger partial charge in [-0.25, -0.2) is 4.39 Å². The summed E-state index contributed by atoms with van der Waals surface area (Å²) in [6.45, 7) is 1.77. The standard InChI is InChI=1S/C21H22FN5O3S/c1-13-8-9-15(14(22)10-13)23-20(29)12-31-21-26-25-18(27(21)2)11-19(28)24-16-6-4-5-7-17(16)30-3/h4-10H,11-12H2,1-3H3,(H,23,29)(H,24,28). The molecule has 0 spiro atoms. The molecule has 0 saturated carbocycles. The van der Waals surface area contributed by atoms with Crippen molar-refractivity contribution in [2.24, 2.45) is 7.05 Å². The number of para-hydroxylation sites is 2. The lowest BCUT2D eigenvalue weighted by Crippen LogP contribution is -2.18. The number of methoxy groups -OCH3 is 1. The van der Waals surface area contributed by atoms with Crippen LogP contribution < -0.4 is 15.4 Å².